The number of hydrogen-bond acceptors (Lipinski definition) is 8. The largest absolute Gasteiger partial charge is 0.480 e. The number of nitrogens with zero attached hydrogens (tertiary/aromatic N) is 2. The molecule has 0 aromatic carbocycles. The van der Waals surface area contributed by atoms with Gasteiger partial charge in [0.25, 0.3) is 0 Å². The normalized spacial score (nSPS) is 18.0. The molecule has 1 aliphatic heterocycles. The van der Waals surface area contributed by atoms with Crippen molar-refractivity contribution >= 4 is 29.7 Å². The summed E-state index contributed by atoms with van der Waals surface area (Å²) in [5.74, 6) is -3.13. The van der Waals surface area contributed by atoms with Crippen molar-refractivity contribution < 1.29 is 29.4 Å². The number of nitrogens with one attached hydrogen (secondary N) is 2. The summed E-state index contributed by atoms with van der Waals surface area (Å²) < 4.78 is 0. The topological polar surface area (TPSA) is 252 Å². The molecule has 0 spiro atoms. The summed E-state index contributed by atoms with van der Waals surface area (Å²) in [4.78, 5) is 54.7. The van der Waals surface area contributed by atoms with E-state index in [0.29, 0.717) is 38.6 Å². The van der Waals surface area contributed by atoms with Crippen molar-refractivity contribution in [1.82, 2.24) is 15.5 Å². The standard InChI is InChI=1S/C20H38N8O6/c21-8-2-1-6-13(18(32)28-10-4-7-15(28)19(33)34)26-17(31)14(11-29)27-16(30)12(22)5-3-9-25-20(23)24/h12-15,29H,1-11,21-22H2,(H,26,31)(H,27,30)(H,33,34)(H4,23,24,25). The SMILES string of the molecule is NCCCCC(NC(=O)C(CO)NC(=O)C(N)CCCN=C(N)N)C(=O)N1CCCC1C(=O)O. The number of aliphatic carboxylic acids is 1. The number of likely N-dealkylation sites (tertiary alicyclic amines) is 1. The van der Waals surface area contributed by atoms with E-state index in [-0.39, 0.29) is 31.9 Å². The van der Waals surface area contributed by atoms with Gasteiger partial charge in [-0.2, -0.15) is 0 Å². The minimum absolute atomic E-state index is 0.0748. The Balaban J connectivity index is 2.78. The van der Waals surface area contributed by atoms with Gasteiger partial charge in [-0.3, -0.25) is 19.4 Å². The van der Waals surface area contributed by atoms with Gasteiger partial charge in [-0.1, -0.05) is 0 Å². The zero-order valence-corrected chi connectivity index (χ0v) is 19.3. The van der Waals surface area contributed by atoms with E-state index in [0.717, 1.165) is 0 Å². The molecule has 0 aromatic heterocycles. The number of amides is 3. The van der Waals surface area contributed by atoms with E-state index < -0.39 is 54.5 Å². The summed E-state index contributed by atoms with van der Waals surface area (Å²) in [5, 5.41) is 23.9. The van der Waals surface area contributed by atoms with Gasteiger partial charge in [0.2, 0.25) is 17.7 Å². The second-order valence-electron chi connectivity index (χ2n) is 8.17. The Labute approximate surface area is 198 Å². The van der Waals surface area contributed by atoms with Crippen molar-refractivity contribution in [2.24, 2.45) is 27.9 Å². The molecule has 14 nitrogen and oxygen atoms in total. The Morgan fingerprint density at radius 3 is 2.29 bits per heavy atom. The molecule has 0 bridgehead atoms. The molecular weight excluding hydrogens is 448 g/mol. The smallest absolute Gasteiger partial charge is 0.326 e. The lowest BCUT2D eigenvalue weighted by molar-refractivity contribution is -0.149. The molecule has 14 heteroatoms. The first-order valence-corrected chi connectivity index (χ1v) is 11.4. The van der Waals surface area contributed by atoms with Gasteiger partial charge in [-0.25, -0.2) is 4.79 Å². The molecule has 3 amide bonds. The number of carboxylic acids is 1. The lowest BCUT2D eigenvalue weighted by Gasteiger charge is -2.28. The van der Waals surface area contributed by atoms with Crippen molar-refractivity contribution in [2.75, 3.05) is 26.2 Å². The maximum absolute atomic E-state index is 13.0. The summed E-state index contributed by atoms with van der Waals surface area (Å²) in [5.41, 5.74) is 21.8. The summed E-state index contributed by atoms with van der Waals surface area (Å²) >= 11 is 0. The second-order valence-corrected chi connectivity index (χ2v) is 8.17. The molecule has 1 rings (SSSR count). The van der Waals surface area contributed by atoms with Gasteiger partial charge in [-0.05, 0) is 51.5 Å². The number of nitrogens with two attached hydrogens (primary N) is 4. The van der Waals surface area contributed by atoms with E-state index in [2.05, 4.69) is 15.6 Å². The number of unbranched alkanes of at least 4 members (excludes halogenated alkanes) is 1. The average molecular weight is 487 g/mol. The molecule has 4 atom stereocenters. The lowest BCUT2D eigenvalue weighted by Crippen LogP contribution is -2.58. The monoisotopic (exact) mass is 486 g/mol. The molecule has 1 heterocycles. The van der Waals surface area contributed by atoms with E-state index in [4.69, 9.17) is 22.9 Å². The zero-order chi connectivity index (χ0) is 25.7. The van der Waals surface area contributed by atoms with Gasteiger partial charge >= 0.3 is 5.97 Å². The summed E-state index contributed by atoms with van der Waals surface area (Å²) in [7, 11) is 0. The van der Waals surface area contributed by atoms with Crippen LogP contribution >= 0.6 is 0 Å². The van der Waals surface area contributed by atoms with Crippen LogP contribution in [0.5, 0.6) is 0 Å². The minimum Gasteiger partial charge on any atom is -0.480 e. The summed E-state index contributed by atoms with van der Waals surface area (Å²) in [6, 6.07) is -4.27. The maximum atomic E-state index is 13.0. The molecular formula is C20H38N8O6. The van der Waals surface area contributed by atoms with Crippen LogP contribution in [-0.2, 0) is 19.2 Å². The Bertz CT molecular complexity index is 730. The molecule has 1 fully saturated rings. The third-order valence-corrected chi connectivity index (χ3v) is 5.50. The fourth-order valence-electron chi connectivity index (χ4n) is 3.63. The predicted octanol–water partition coefficient (Wildman–Crippen LogP) is -3.47. The third kappa shape index (κ3) is 9.49. The van der Waals surface area contributed by atoms with Crippen molar-refractivity contribution in [3.05, 3.63) is 0 Å². The Hall–Kier alpha value is -2.97. The van der Waals surface area contributed by atoms with E-state index in [1.807, 2.05) is 0 Å². The highest BCUT2D eigenvalue weighted by atomic mass is 16.4. The fraction of sp³-hybridized carbons (Fsp3) is 0.750. The molecule has 34 heavy (non-hydrogen) atoms. The first-order chi connectivity index (χ1) is 16.1. The Morgan fingerprint density at radius 2 is 1.71 bits per heavy atom. The van der Waals surface area contributed by atoms with Crippen LogP contribution in [-0.4, -0.2) is 95.2 Å². The second kappa shape index (κ2) is 15.0. The zero-order valence-electron chi connectivity index (χ0n) is 19.3. The van der Waals surface area contributed by atoms with E-state index in [9.17, 15) is 29.4 Å². The lowest BCUT2D eigenvalue weighted by atomic mass is 10.1. The van der Waals surface area contributed by atoms with Crippen LogP contribution < -0.4 is 33.6 Å². The molecule has 194 valence electrons. The van der Waals surface area contributed by atoms with Gasteiger partial charge in [-0.15, -0.1) is 0 Å². The summed E-state index contributed by atoms with van der Waals surface area (Å²) in [6.45, 7) is 0.234. The van der Waals surface area contributed by atoms with Gasteiger partial charge in [0, 0.05) is 13.1 Å². The summed E-state index contributed by atoms with van der Waals surface area (Å²) in [6.07, 6.45) is 2.92. The Morgan fingerprint density at radius 1 is 1.03 bits per heavy atom. The molecule has 1 saturated heterocycles. The van der Waals surface area contributed by atoms with Crippen molar-refractivity contribution in [3.8, 4) is 0 Å². The molecule has 12 N–H and O–H groups in total. The van der Waals surface area contributed by atoms with Gasteiger partial charge in [0.05, 0.1) is 12.6 Å². The van der Waals surface area contributed by atoms with E-state index in [1.54, 1.807) is 0 Å². The Kier molecular flexibility index (Phi) is 12.8. The van der Waals surface area contributed by atoms with Crippen molar-refractivity contribution in [1.29, 1.82) is 0 Å². The van der Waals surface area contributed by atoms with Gasteiger partial charge in [0.1, 0.15) is 18.1 Å². The van der Waals surface area contributed by atoms with Crippen molar-refractivity contribution in [3.63, 3.8) is 0 Å². The highest BCUT2D eigenvalue weighted by molar-refractivity contribution is 5.94. The third-order valence-electron chi connectivity index (χ3n) is 5.50. The molecule has 0 saturated carbocycles. The fourth-order valence-corrected chi connectivity index (χ4v) is 3.63. The number of rotatable bonds is 15. The van der Waals surface area contributed by atoms with Crippen LogP contribution in [0.4, 0.5) is 0 Å². The minimum atomic E-state index is -1.34. The number of hydrogen-bond donors (Lipinski definition) is 8. The highest BCUT2D eigenvalue weighted by Crippen LogP contribution is 2.20. The first-order valence-electron chi connectivity index (χ1n) is 11.4. The molecule has 0 radical (unpaired) electrons. The maximum Gasteiger partial charge on any atom is 0.326 e. The van der Waals surface area contributed by atoms with Crippen LogP contribution in [0.3, 0.4) is 0 Å². The highest BCUT2D eigenvalue weighted by Gasteiger charge is 2.38. The number of carboxylic acid groups (broad SMARTS) is 1. The van der Waals surface area contributed by atoms with Crippen LogP contribution in [0.15, 0.2) is 4.99 Å². The molecule has 0 aromatic rings. The van der Waals surface area contributed by atoms with Crippen molar-refractivity contribution in [2.45, 2.75) is 69.1 Å². The molecule has 1 aliphatic rings. The van der Waals surface area contributed by atoms with Crippen LogP contribution in [0.1, 0.15) is 44.9 Å². The average Bonchev–Trinajstić information content (AvgIpc) is 3.29. The predicted molar refractivity (Wildman–Crippen MR) is 124 cm³/mol. The number of carbonyl (C=O) groups is 4. The van der Waals surface area contributed by atoms with Crippen LogP contribution in [0, 0.1) is 0 Å². The number of guanidine groups is 1. The van der Waals surface area contributed by atoms with Gasteiger partial charge in [0.15, 0.2) is 5.96 Å². The number of aliphatic hydroxyl groups excluding tert-OH is 1. The van der Waals surface area contributed by atoms with Crippen LogP contribution in [0.25, 0.3) is 0 Å². The number of carbonyl (C=O) groups excluding carboxylic acids is 3. The molecule has 0 aliphatic carbocycles. The van der Waals surface area contributed by atoms with E-state index >= 15 is 0 Å². The molecule has 4 unspecified atom stereocenters. The quantitative estimate of drug-likeness (QED) is 0.0644. The number of aliphatic hydroxyl groups is 1. The van der Waals surface area contributed by atoms with Gasteiger partial charge < -0.3 is 48.7 Å². The number of aliphatic imine (C=N–C) groups is 1. The first kappa shape index (κ1) is 29.1. The van der Waals surface area contributed by atoms with E-state index in [1.165, 1.54) is 4.90 Å². The van der Waals surface area contributed by atoms with Crippen LogP contribution in [0.2, 0.25) is 0 Å².